The lowest BCUT2D eigenvalue weighted by Crippen LogP contribution is -2.26. The highest BCUT2D eigenvalue weighted by Crippen LogP contribution is 2.20. The minimum atomic E-state index is 0.886. The molecule has 2 heterocycles. The third kappa shape index (κ3) is 3.80. The zero-order valence-electron chi connectivity index (χ0n) is 12.1. The normalized spacial score (nSPS) is 15.7. The topological polar surface area (TPSA) is 53.1 Å². The molecule has 106 valence electrons. The fourth-order valence-corrected chi connectivity index (χ4v) is 2.56. The highest BCUT2D eigenvalue weighted by Gasteiger charge is 2.12. The van der Waals surface area contributed by atoms with E-state index in [0.29, 0.717) is 0 Å². The molecule has 0 unspecified atom stereocenters. The minimum Gasteiger partial charge on any atom is -0.370 e. The highest BCUT2D eigenvalue weighted by atomic mass is 15.2. The van der Waals surface area contributed by atoms with Crippen LogP contribution in [0.2, 0.25) is 0 Å². The first kappa shape index (κ1) is 14.1. The molecule has 0 atom stereocenters. The van der Waals surface area contributed by atoms with Crippen molar-refractivity contribution < 1.29 is 0 Å². The molecule has 0 aromatic carbocycles. The van der Waals surface area contributed by atoms with Gasteiger partial charge in [-0.15, -0.1) is 0 Å². The third-order valence-electron chi connectivity index (χ3n) is 3.56. The van der Waals surface area contributed by atoms with Gasteiger partial charge in [-0.05, 0) is 39.3 Å². The molecule has 1 saturated heterocycles. The molecule has 0 radical (unpaired) electrons. The maximum Gasteiger partial charge on any atom is 0.134 e. The quantitative estimate of drug-likeness (QED) is 0.788. The van der Waals surface area contributed by atoms with Crippen molar-refractivity contribution in [1.29, 1.82) is 0 Å². The van der Waals surface area contributed by atoms with Crippen molar-refractivity contribution in [3.63, 3.8) is 0 Å². The van der Waals surface area contributed by atoms with Gasteiger partial charge in [-0.2, -0.15) is 0 Å². The Morgan fingerprint density at radius 3 is 2.42 bits per heavy atom. The van der Waals surface area contributed by atoms with E-state index in [0.717, 1.165) is 37.7 Å². The maximum atomic E-state index is 4.38. The molecular formula is C14H25N5. The molecule has 1 aromatic heterocycles. The van der Waals surface area contributed by atoms with Gasteiger partial charge < -0.3 is 15.5 Å². The van der Waals surface area contributed by atoms with Crippen molar-refractivity contribution in [2.45, 2.75) is 33.1 Å². The fraction of sp³-hybridized carbons (Fsp3) is 0.714. The number of hydrogen-bond donors (Lipinski definition) is 2. The molecule has 19 heavy (non-hydrogen) atoms. The van der Waals surface area contributed by atoms with Crippen LogP contribution in [0, 0.1) is 0 Å². The Morgan fingerprint density at radius 2 is 1.79 bits per heavy atom. The van der Waals surface area contributed by atoms with Crippen molar-refractivity contribution in [1.82, 2.24) is 14.9 Å². The van der Waals surface area contributed by atoms with E-state index < -0.39 is 0 Å². The molecule has 1 aliphatic rings. The van der Waals surface area contributed by atoms with Crippen LogP contribution in [0.15, 0.2) is 6.33 Å². The number of rotatable bonds is 7. The first-order valence-electron chi connectivity index (χ1n) is 7.39. The second-order valence-electron chi connectivity index (χ2n) is 4.91. The molecule has 1 aromatic rings. The van der Waals surface area contributed by atoms with E-state index in [9.17, 15) is 0 Å². The van der Waals surface area contributed by atoms with Gasteiger partial charge in [0.25, 0.3) is 0 Å². The minimum absolute atomic E-state index is 0.886. The van der Waals surface area contributed by atoms with Gasteiger partial charge in [-0.25, -0.2) is 9.97 Å². The zero-order valence-corrected chi connectivity index (χ0v) is 12.1. The van der Waals surface area contributed by atoms with Gasteiger partial charge in [0.05, 0.1) is 0 Å². The van der Waals surface area contributed by atoms with Crippen LogP contribution in [0.1, 0.15) is 32.3 Å². The van der Waals surface area contributed by atoms with Gasteiger partial charge in [0.15, 0.2) is 0 Å². The van der Waals surface area contributed by atoms with E-state index in [4.69, 9.17) is 0 Å². The lowest BCUT2D eigenvalue weighted by atomic mass is 10.2. The summed E-state index contributed by atoms with van der Waals surface area (Å²) in [7, 11) is 0. The first-order chi connectivity index (χ1) is 9.35. The Morgan fingerprint density at radius 1 is 1.11 bits per heavy atom. The van der Waals surface area contributed by atoms with Crippen LogP contribution >= 0.6 is 0 Å². The van der Waals surface area contributed by atoms with Gasteiger partial charge in [0, 0.05) is 25.2 Å². The third-order valence-corrected chi connectivity index (χ3v) is 3.56. The van der Waals surface area contributed by atoms with Crippen molar-refractivity contribution in [2.24, 2.45) is 0 Å². The number of aromatic nitrogens is 2. The summed E-state index contributed by atoms with van der Waals surface area (Å²) in [6, 6.07) is 0. The summed E-state index contributed by atoms with van der Waals surface area (Å²) in [5.74, 6) is 1.94. The molecule has 2 N–H and O–H groups in total. The number of nitrogens with one attached hydrogen (secondary N) is 2. The lowest BCUT2D eigenvalue weighted by molar-refractivity contribution is 0.352. The van der Waals surface area contributed by atoms with E-state index >= 15 is 0 Å². The van der Waals surface area contributed by atoms with Crippen LogP contribution in [-0.4, -0.2) is 47.6 Å². The Labute approximate surface area is 115 Å². The molecule has 5 heteroatoms. The summed E-state index contributed by atoms with van der Waals surface area (Å²) < 4.78 is 0. The summed E-state index contributed by atoms with van der Waals surface area (Å²) in [5.41, 5.74) is 1.19. The van der Waals surface area contributed by atoms with E-state index in [1.807, 2.05) is 0 Å². The molecule has 5 nitrogen and oxygen atoms in total. The summed E-state index contributed by atoms with van der Waals surface area (Å²) in [6.45, 7) is 9.66. The number of hydrogen-bond acceptors (Lipinski definition) is 5. The number of nitrogens with zero attached hydrogens (tertiary/aromatic N) is 3. The van der Waals surface area contributed by atoms with Crippen molar-refractivity contribution in [2.75, 3.05) is 43.4 Å². The number of anilines is 2. The standard InChI is InChI=1S/C14H25N5/c1-3-12-13(15-4-2)17-11-18-14(12)16-7-10-19-8-5-6-9-19/h11H,3-10H2,1-2H3,(H2,15,16,17,18). The summed E-state index contributed by atoms with van der Waals surface area (Å²) >= 11 is 0. The first-order valence-corrected chi connectivity index (χ1v) is 7.39. The van der Waals surface area contributed by atoms with Crippen LogP contribution in [0.3, 0.4) is 0 Å². The Bertz CT molecular complexity index is 387. The largest absolute Gasteiger partial charge is 0.370 e. The lowest BCUT2D eigenvalue weighted by Gasteiger charge is -2.17. The Hall–Kier alpha value is -1.36. The van der Waals surface area contributed by atoms with Crippen LogP contribution in [0.4, 0.5) is 11.6 Å². The van der Waals surface area contributed by atoms with E-state index in [1.165, 1.54) is 31.5 Å². The van der Waals surface area contributed by atoms with Gasteiger partial charge >= 0.3 is 0 Å². The Kier molecular flexibility index (Phi) is 5.39. The fourth-order valence-electron chi connectivity index (χ4n) is 2.56. The second kappa shape index (κ2) is 7.28. The summed E-state index contributed by atoms with van der Waals surface area (Å²) in [5, 5.41) is 6.75. The average molecular weight is 263 g/mol. The van der Waals surface area contributed by atoms with Crippen LogP contribution in [0.25, 0.3) is 0 Å². The van der Waals surface area contributed by atoms with E-state index in [-0.39, 0.29) is 0 Å². The molecular weight excluding hydrogens is 238 g/mol. The molecule has 0 saturated carbocycles. The monoisotopic (exact) mass is 263 g/mol. The van der Waals surface area contributed by atoms with Crippen molar-refractivity contribution in [3.05, 3.63) is 11.9 Å². The Balaban J connectivity index is 1.92. The molecule has 0 spiro atoms. The predicted octanol–water partition coefficient (Wildman–Crippen LogP) is 1.98. The number of likely N-dealkylation sites (tertiary alicyclic amines) is 1. The second-order valence-corrected chi connectivity index (χ2v) is 4.91. The molecule has 0 amide bonds. The highest BCUT2D eigenvalue weighted by molar-refractivity contribution is 5.57. The zero-order chi connectivity index (χ0) is 13.5. The van der Waals surface area contributed by atoms with Crippen LogP contribution in [-0.2, 0) is 6.42 Å². The van der Waals surface area contributed by atoms with E-state index in [1.54, 1.807) is 6.33 Å². The smallest absolute Gasteiger partial charge is 0.134 e. The van der Waals surface area contributed by atoms with E-state index in [2.05, 4.69) is 39.3 Å². The van der Waals surface area contributed by atoms with Gasteiger partial charge in [0.2, 0.25) is 0 Å². The molecule has 0 bridgehead atoms. The van der Waals surface area contributed by atoms with Crippen molar-refractivity contribution >= 4 is 11.6 Å². The van der Waals surface area contributed by atoms with Crippen molar-refractivity contribution in [3.8, 4) is 0 Å². The van der Waals surface area contributed by atoms with Crippen LogP contribution < -0.4 is 10.6 Å². The molecule has 2 rings (SSSR count). The molecule has 0 aliphatic carbocycles. The maximum absolute atomic E-state index is 4.38. The predicted molar refractivity (Wildman–Crippen MR) is 79.7 cm³/mol. The molecule has 1 fully saturated rings. The summed E-state index contributed by atoms with van der Waals surface area (Å²) in [4.78, 5) is 11.2. The van der Waals surface area contributed by atoms with Gasteiger partial charge in [0.1, 0.15) is 18.0 Å². The summed E-state index contributed by atoms with van der Waals surface area (Å²) in [6.07, 6.45) is 5.27. The SMILES string of the molecule is CCNc1ncnc(NCCN2CCCC2)c1CC. The van der Waals surface area contributed by atoms with Crippen LogP contribution in [0.5, 0.6) is 0 Å². The average Bonchev–Trinajstić information content (AvgIpc) is 2.93. The van der Waals surface area contributed by atoms with Gasteiger partial charge in [-0.1, -0.05) is 6.92 Å². The molecule has 1 aliphatic heterocycles. The van der Waals surface area contributed by atoms with Gasteiger partial charge in [-0.3, -0.25) is 0 Å².